The van der Waals surface area contributed by atoms with Gasteiger partial charge in [-0.05, 0) is 19.3 Å². The van der Waals surface area contributed by atoms with Crippen LogP contribution in [-0.2, 0) is 9.53 Å². The molecule has 0 spiro atoms. The SMILES string of the molecule is CCCCCCCCCCC[C@@H]1CCC(=O)O1. The summed E-state index contributed by atoms with van der Waals surface area (Å²) in [5.41, 5.74) is 0. The lowest BCUT2D eigenvalue weighted by Crippen LogP contribution is -2.06. The van der Waals surface area contributed by atoms with Crippen molar-refractivity contribution in [2.24, 2.45) is 0 Å². The van der Waals surface area contributed by atoms with Gasteiger partial charge in [-0.3, -0.25) is 4.79 Å². The summed E-state index contributed by atoms with van der Waals surface area (Å²) >= 11 is 0. The highest BCUT2D eigenvalue weighted by atomic mass is 16.5. The first kappa shape index (κ1) is 14.5. The number of cyclic esters (lactones) is 1. The quantitative estimate of drug-likeness (QED) is 0.411. The molecule has 2 nitrogen and oxygen atoms in total. The van der Waals surface area contributed by atoms with Crippen molar-refractivity contribution in [3.8, 4) is 0 Å². The highest BCUT2D eigenvalue weighted by molar-refractivity contribution is 5.71. The highest BCUT2D eigenvalue weighted by Crippen LogP contribution is 2.20. The maximum atomic E-state index is 10.9. The number of carbonyl (C=O) groups is 1. The Hall–Kier alpha value is -0.530. The van der Waals surface area contributed by atoms with E-state index in [-0.39, 0.29) is 12.1 Å². The molecule has 0 aromatic carbocycles. The fraction of sp³-hybridized carbons (Fsp3) is 0.933. The van der Waals surface area contributed by atoms with Crippen LogP contribution in [0, 0.1) is 0 Å². The summed E-state index contributed by atoms with van der Waals surface area (Å²) < 4.78 is 5.19. The smallest absolute Gasteiger partial charge is 0.306 e. The zero-order valence-electron chi connectivity index (χ0n) is 11.4. The lowest BCUT2D eigenvalue weighted by molar-refractivity contribution is -0.141. The summed E-state index contributed by atoms with van der Waals surface area (Å²) in [5, 5.41) is 0. The molecule has 0 N–H and O–H groups in total. The van der Waals surface area contributed by atoms with E-state index in [0.29, 0.717) is 6.42 Å². The Balaban J connectivity index is 1.77. The average Bonchev–Trinajstić information content (AvgIpc) is 2.73. The number of hydrogen-bond acceptors (Lipinski definition) is 2. The Morgan fingerprint density at radius 2 is 1.59 bits per heavy atom. The fourth-order valence-electron chi connectivity index (χ4n) is 2.47. The van der Waals surface area contributed by atoms with E-state index in [1.165, 1.54) is 57.8 Å². The van der Waals surface area contributed by atoms with Crippen molar-refractivity contribution in [2.75, 3.05) is 0 Å². The van der Waals surface area contributed by atoms with E-state index < -0.39 is 0 Å². The van der Waals surface area contributed by atoms with Crippen LogP contribution in [-0.4, -0.2) is 12.1 Å². The zero-order valence-corrected chi connectivity index (χ0v) is 11.4. The third-order valence-electron chi connectivity index (χ3n) is 3.60. The molecule has 0 aromatic rings. The van der Waals surface area contributed by atoms with Gasteiger partial charge < -0.3 is 4.74 Å². The zero-order chi connectivity index (χ0) is 12.3. The molecule has 0 amide bonds. The van der Waals surface area contributed by atoms with Crippen molar-refractivity contribution in [2.45, 2.75) is 90.1 Å². The molecule has 1 fully saturated rings. The van der Waals surface area contributed by atoms with Gasteiger partial charge in [0.1, 0.15) is 6.10 Å². The second-order valence-corrected chi connectivity index (χ2v) is 5.27. The summed E-state index contributed by atoms with van der Waals surface area (Å²) in [6.07, 6.45) is 15.1. The lowest BCUT2D eigenvalue weighted by Gasteiger charge is -2.08. The molecule has 0 aliphatic carbocycles. The molecule has 1 aliphatic rings. The predicted octanol–water partition coefficient (Wildman–Crippen LogP) is 4.61. The van der Waals surface area contributed by atoms with Gasteiger partial charge in [0, 0.05) is 6.42 Å². The topological polar surface area (TPSA) is 26.3 Å². The molecule has 0 radical (unpaired) electrons. The fourth-order valence-corrected chi connectivity index (χ4v) is 2.47. The molecule has 1 atom stereocenters. The second kappa shape index (κ2) is 9.49. The second-order valence-electron chi connectivity index (χ2n) is 5.27. The summed E-state index contributed by atoms with van der Waals surface area (Å²) in [6.45, 7) is 2.26. The first-order valence-electron chi connectivity index (χ1n) is 7.52. The molecule has 1 aliphatic heterocycles. The molecule has 0 saturated carbocycles. The first-order chi connectivity index (χ1) is 8.33. The summed E-state index contributed by atoms with van der Waals surface area (Å²) in [6, 6.07) is 0. The highest BCUT2D eigenvalue weighted by Gasteiger charge is 2.22. The van der Waals surface area contributed by atoms with E-state index in [2.05, 4.69) is 6.92 Å². The third-order valence-corrected chi connectivity index (χ3v) is 3.60. The standard InChI is InChI=1S/C15H28O2/c1-2-3-4-5-6-7-8-9-10-11-14-12-13-15(16)17-14/h14H,2-13H2,1H3/t14-/m1/s1. The molecule has 17 heavy (non-hydrogen) atoms. The molecule has 2 heteroatoms. The Bertz CT molecular complexity index is 201. The van der Waals surface area contributed by atoms with Gasteiger partial charge in [-0.2, -0.15) is 0 Å². The van der Waals surface area contributed by atoms with E-state index >= 15 is 0 Å². The number of ether oxygens (including phenoxy) is 1. The van der Waals surface area contributed by atoms with Crippen LogP contribution in [0.5, 0.6) is 0 Å². The molecule has 100 valence electrons. The van der Waals surface area contributed by atoms with Crippen molar-refractivity contribution in [3.63, 3.8) is 0 Å². The third kappa shape index (κ3) is 7.40. The van der Waals surface area contributed by atoms with E-state index in [1.807, 2.05) is 0 Å². The summed E-state index contributed by atoms with van der Waals surface area (Å²) in [4.78, 5) is 10.9. The van der Waals surface area contributed by atoms with Gasteiger partial charge in [0.2, 0.25) is 0 Å². The van der Waals surface area contributed by atoms with E-state index in [1.54, 1.807) is 0 Å². The average molecular weight is 240 g/mol. The first-order valence-corrected chi connectivity index (χ1v) is 7.52. The molecular weight excluding hydrogens is 212 g/mol. The van der Waals surface area contributed by atoms with Crippen molar-refractivity contribution >= 4 is 5.97 Å². The number of carbonyl (C=O) groups excluding carboxylic acids is 1. The van der Waals surface area contributed by atoms with Crippen molar-refractivity contribution in [1.29, 1.82) is 0 Å². The van der Waals surface area contributed by atoms with Crippen LogP contribution in [0.2, 0.25) is 0 Å². The van der Waals surface area contributed by atoms with Crippen LogP contribution >= 0.6 is 0 Å². The van der Waals surface area contributed by atoms with E-state index in [0.717, 1.165) is 12.8 Å². The molecule has 0 unspecified atom stereocenters. The van der Waals surface area contributed by atoms with Gasteiger partial charge >= 0.3 is 5.97 Å². The molecule has 0 bridgehead atoms. The van der Waals surface area contributed by atoms with Gasteiger partial charge in [0.25, 0.3) is 0 Å². The van der Waals surface area contributed by atoms with Crippen molar-refractivity contribution in [1.82, 2.24) is 0 Å². The Morgan fingerprint density at radius 3 is 2.12 bits per heavy atom. The molecule has 1 rings (SSSR count). The number of hydrogen-bond donors (Lipinski definition) is 0. The minimum Gasteiger partial charge on any atom is -0.462 e. The molecule has 0 aromatic heterocycles. The monoisotopic (exact) mass is 240 g/mol. The largest absolute Gasteiger partial charge is 0.462 e. The number of rotatable bonds is 10. The lowest BCUT2D eigenvalue weighted by atomic mass is 10.0. The minimum atomic E-state index is 0.00549. The van der Waals surface area contributed by atoms with E-state index in [9.17, 15) is 4.79 Å². The predicted molar refractivity (Wildman–Crippen MR) is 71.0 cm³/mol. The maximum Gasteiger partial charge on any atom is 0.306 e. The van der Waals surface area contributed by atoms with Gasteiger partial charge in [-0.1, -0.05) is 58.3 Å². The molecular formula is C15H28O2. The van der Waals surface area contributed by atoms with Crippen LogP contribution in [0.4, 0.5) is 0 Å². The molecule has 1 heterocycles. The summed E-state index contributed by atoms with van der Waals surface area (Å²) in [5.74, 6) is 0.00549. The van der Waals surface area contributed by atoms with Gasteiger partial charge in [-0.15, -0.1) is 0 Å². The number of unbranched alkanes of at least 4 members (excludes halogenated alkanes) is 8. The van der Waals surface area contributed by atoms with Crippen LogP contribution in [0.3, 0.4) is 0 Å². The van der Waals surface area contributed by atoms with Crippen molar-refractivity contribution < 1.29 is 9.53 Å². The normalized spacial score (nSPS) is 19.6. The van der Waals surface area contributed by atoms with Gasteiger partial charge in [0.15, 0.2) is 0 Å². The molecule has 1 saturated heterocycles. The Labute approximate surface area is 106 Å². The van der Waals surface area contributed by atoms with Crippen LogP contribution < -0.4 is 0 Å². The van der Waals surface area contributed by atoms with Crippen LogP contribution in [0.1, 0.15) is 84.0 Å². The minimum absolute atomic E-state index is 0.00549. The van der Waals surface area contributed by atoms with E-state index in [4.69, 9.17) is 4.74 Å². The van der Waals surface area contributed by atoms with Crippen molar-refractivity contribution in [3.05, 3.63) is 0 Å². The number of esters is 1. The Morgan fingerprint density at radius 1 is 1.00 bits per heavy atom. The maximum absolute atomic E-state index is 10.9. The van der Waals surface area contributed by atoms with Gasteiger partial charge in [0.05, 0.1) is 0 Å². The summed E-state index contributed by atoms with van der Waals surface area (Å²) in [7, 11) is 0. The Kier molecular flexibility index (Phi) is 8.12. The van der Waals surface area contributed by atoms with Gasteiger partial charge in [-0.25, -0.2) is 0 Å². The van der Waals surface area contributed by atoms with Crippen LogP contribution in [0.25, 0.3) is 0 Å². The van der Waals surface area contributed by atoms with Crippen LogP contribution in [0.15, 0.2) is 0 Å².